The molecule has 1 unspecified atom stereocenters. The molecule has 0 spiro atoms. The second kappa shape index (κ2) is 7.98. The summed E-state index contributed by atoms with van der Waals surface area (Å²) in [5.41, 5.74) is 7.23. The summed E-state index contributed by atoms with van der Waals surface area (Å²) < 4.78 is 4.91. The van der Waals surface area contributed by atoms with Gasteiger partial charge in [-0.05, 0) is 18.4 Å². The molecule has 20 heavy (non-hydrogen) atoms. The van der Waals surface area contributed by atoms with E-state index < -0.39 is 6.10 Å². The van der Waals surface area contributed by atoms with Gasteiger partial charge >= 0.3 is 0 Å². The van der Waals surface area contributed by atoms with Crippen LogP contribution < -0.4 is 10.6 Å². The largest absolute Gasteiger partial charge is 0.409 e. The highest BCUT2D eigenvalue weighted by molar-refractivity contribution is 7.98. The van der Waals surface area contributed by atoms with Gasteiger partial charge in [-0.15, -0.1) is 11.8 Å². The SMILES string of the molecule is COCC(O)CN(C)c1cccc(SC)c1/C(N)=N/O. The monoisotopic (exact) mass is 299 g/mol. The van der Waals surface area contributed by atoms with E-state index in [2.05, 4.69) is 5.16 Å². The van der Waals surface area contributed by atoms with E-state index in [1.165, 1.54) is 11.8 Å². The number of rotatable bonds is 7. The number of oxime groups is 1. The summed E-state index contributed by atoms with van der Waals surface area (Å²) in [7, 11) is 3.38. The number of aliphatic hydroxyl groups excluding tert-OH is 1. The molecule has 0 aromatic heterocycles. The molecule has 7 heteroatoms. The lowest BCUT2D eigenvalue weighted by Gasteiger charge is -2.25. The van der Waals surface area contributed by atoms with Gasteiger partial charge < -0.3 is 25.7 Å². The number of aliphatic hydroxyl groups is 1. The van der Waals surface area contributed by atoms with Crippen molar-refractivity contribution >= 4 is 23.3 Å². The smallest absolute Gasteiger partial charge is 0.173 e. The zero-order valence-corrected chi connectivity index (χ0v) is 12.7. The first-order valence-corrected chi connectivity index (χ1v) is 7.30. The molecule has 0 amide bonds. The molecule has 0 bridgehead atoms. The summed E-state index contributed by atoms with van der Waals surface area (Å²) in [6, 6.07) is 5.67. The number of methoxy groups -OCH3 is 1. The number of nitrogens with two attached hydrogens (primary N) is 1. The quantitative estimate of drug-likeness (QED) is 0.228. The van der Waals surface area contributed by atoms with Gasteiger partial charge in [-0.3, -0.25) is 0 Å². The lowest BCUT2D eigenvalue weighted by molar-refractivity contribution is 0.0695. The molecular formula is C13H21N3O3S. The molecule has 0 saturated carbocycles. The third-order valence-corrected chi connectivity index (χ3v) is 3.62. The Morgan fingerprint density at radius 2 is 2.25 bits per heavy atom. The summed E-state index contributed by atoms with van der Waals surface area (Å²) in [4.78, 5) is 2.77. The van der Waals surface area contributed by atoms with Crippen LogP contribution in [0.15, 0.2) is 28.3 Å². The van der Waals surface area contributed by atoms with Crippen LogP contribution in [0.25, 0.3) is 0 Å². The van der Waals surface area contributed by atoms with Crippen molar-refractivity contribution in [3.8, 4) is 0 Å². The topological polar surface area (TPSA) is 91.3 Å². The number of thioether (sulfide) groups is 1. The van der Waals surface area contributed by atoms with Crippen LogP contribution in [0.2, 0.25) is 0 Å². The minimum absolute atomic E-state index is 0.0537. The van der Waals surface area contributed by atoms with Crippen LogP contribution >= 0.6 is 11.8 Å². The van der Waals surface area contributed by atoms with E-state index in [0.717, 1.165) is 10.6 Å². The number of hydrogen-bond acceptors (Lipinski definition) is 6. The molecule has 0 aliphatic heterocycles. The fourth-order valence-electron chi connectivity index (χ4n) is 1.97. The number of ether oxygens (including phenoxy) is 1. The second-order valence-corrected chi connectivity index (χ2v) is 5.18. The fourth-order valence-corrected chi connectivity index (χ4v) is 2.60. The number of hydrogen-bond donors (Lipinski definition) is 3. The zero-order valence-electron chi connectivity index (χ0n) is 11.9. The van der Waals surface area contributed by atoms with Crippen LogP contribution in [0.3, 0.4) is 0 Å². The highest BCUT2D eigenvalue weighted by Crippen LogP contribution is 2.29. The van der Waals surface area contributed by atoms with Crippen molar-refractivity contribution in [1.29, 1.82) is 0 Å². The number of benzene rings is 1. The standard InChI is InChI=1S/C13H21N3O3S/c1-16(7-9(17)8-19-2)10-5-4-6-11(20-3)12(10)13(14)15-18/h4-6,9,17-18H,7-8H2,1-3H3,(H2,14,15). The van der Waals surface area contributed by atoms with Crippen LogP contribution in [-0.4, -0.2) is 55.8 Å². The Hall–Kier alpha value is -1.44. The average molecular weight is 299 g/mol. The lowest BCUT2D eigenvalue weighted by atomic mass is 10.1. The molecule has 0 heterocycles. The number of nitrogens with zero attached hydrogens (tertiary/aromatic N) is 2. The third-order valence-electron chi connectivity index (χ3n) is 2.84. The summed E-state index contributed by atoms with van der Waals surface area (Å²) in [6.07, 6.45) is 1.32. The summed E-state index contributed by atoms with van der Waals surface area (Å²) in [5, 5.41) is 21.9. The first-order chi connectivity index (χ1) is 9.54. The van der Waals surface area contributed by atoms with E-state index in [0.29, 0.717) is 12.1 Å². The molecule has 4 N–H and O–H groups in total. The number of anilines is 1. The molecular weight excluding hydrogens is 278 g/mol. The van der Waals surface area contributed by atoms with Gasteiger partial charge in [0.15, 0.2) is 5.84 Å². The second-order valence-electron chi connectivity index (χ2n) is 4.33. The molecule has 112 valence electrons. The Balaban J connectivity index is 3.10. The summed E-state index contributed by atoms with van der Waals surface area (Å²) >= 11 is 1.51. The van der Waals surface area contributed by atoms with Crippen molar-refractivity contribution in [3.63, 3.8) is 0 Å². The maximum absolute atomic E-state index is 9.81. The number of likely N-dealkylation sites (N-methyl/N-ethyl adjacent to an activating group) is 1. The first-order valence-electron chi connectivity index (χ1n) is 6.08. The third kappa shape index (κ3) is 4.03. The molecule has 6 nitrogen and oxygen atoms in total. The van der Waals surface area contributed by atoms with Gasteiger partial charge in [0.25, 0.3) is 0 Å². The zero-order chi connectivity index (χ0) is 15.1. The van der Waals surface area contributed by atoms with Gasteiger partial charge in [-0.2, -0.15) is 0 Å². The summed E-state index contributed by atoms with van der Waals surface area (Å²) in [6.45, 7) is 0.642. The van der Waals surface area contributed by atoms with E-state index >= 15 is 0 Å². The van der Waals surface area contributed by atoms with Crippen LogP contribution in [0, 0.1) is 0 Å². The normalized spacial score (nSPS) is 13.3. The molecule has 1 aromatic carbocycles. The molecule has 1 aromatic rings. The molecule has 1 atom stereocenters. The van der Waals surface area contributed by atoms with Gasteiger partial charge in [0, 0.05) is 31.3 Å². The maximum atomic E-state index is 9.81. The van der Waals surface area contributed by atoms with Crippen molar-refractivity contribution in [1.82, 2.24) is 0 Å². The average Bonchev–Trinajstić information content (AvgIpc) is 2.45. The van der Waals surface area contributed by atoms with Crippen LogP contribution in [0.1, 0.15) is 5.56 Å². The molecule has 0 aliphatic rings. The summed E-state index contributed by atoms with van der Waals surface area (Å²) in [5.74, 6) is 0.0537. The fraction of sp³-hybridized carbons (Fsp3) is 0.462. The predicted octanol–water partition coefficient (Wildman–Crippen LogP) is 0.946. The lowest BCUT2D eigenvalue weighted by Crippen LogP contribution is -2.33. The first kappa shape index (κ1) is 16.6. The van der Waals surface area contributed by atoms with Gasteiger partial charge in [0.2, 0.25) is 0 Å². The van der Waals surface area contributed by atoms with Gasteiger partial charge in [0.05, 0.1) is 18.3 Å². The van der Waals surface area contributed by atoms with Crippen LogP contribution in [0.4, 0.5) is 5.69 Å². The van der Waals surface area contributed by atoms with Crippen LogP contribution in [0.5, 0.6) is 0 Å². The molecule has 0 radical (unpaired) electrons. The molecule has 1 rings (SSSR count). The van der Waals surface area contributed by atoms with Crippen molar-refractivity contribution in [3.05, 3.63) is 23.8 Å². The van der Waals surface area contributed by atoms with E-state index in [-0.39, 0.29) is 12.4 Å². The predicted molar refractivity (Wildman–Crippen MR) is 81.9 cm³/mol. The highest BCUT2D eigenvalue weighted by Gasteiger charge is 2.17. The minimum atomic E-state index is -0.608. The maximum Gasteiger partial charge on any atom is 0.173 e. The van der Waals surface area contributed by atoms with Crippen molar-refractivity contribution in [2.45, 2.75) is 11.0 Å². The van der Waals surface area contributed by atoms with Gasteiger partial charge in [0.1, 0.15) is 0 Å². The van der Waals surface area contributed by atoms with Crippen molar-refractivity contribution < 1.29 is 15.1 Å². The highest BCUT2D eigenvalue weighted by atomic mass is 32.2. The Labute approximate surface area is 123 Å². The van der Waals surface area contributed by atoms with E-state index in [9.17, 15) is 5.11 Å². The van der Waals surface area contributed by atoms with Gasteiger partial charge in [-0.25, -0.2) is 0 Å². The van der Waals surface area contributed by atoms with E-state index in [1.54, 1.807) is 7.11 Å². The Morgan fingerprint density at radius 3 is 2.80 bits per heavy atom. The minimum Gasteiger partial charge on any atom is -0.409 e. The van der Waals surface area contributed by atoms with Crippen LogP contribution in [-0.2, 0) is 4.74 Å². The Bertz CT molecular complexity index is 468. The number of amidine groups is 1. The molecule has 0 saturated heterocycles. The van der Waals surface area contributed by atoms with Crippen molar-refractivity contribution in [2.75, 3.05) is 38.5 Å². The Morgan fingerprint density at radius 1 is 1.55 bits per heavy atom. The molecule has 0 aliphatic carbocycles. The molecule has 0 fully saturated rings. The van der Waals surface area contributed by atoms with Gasteiger partial charge in [-0.1, -0.05) is 11.2 Å². The van der Waals surface area contributed by atoms with E-state index in [1.807, 2.05) is 36.4 Å². The van der Waals surface area contributed by atoms with E-state index in [4.69, 9.17) is 15.7 Å². The Kier molecular flexibility index (Phi) is 6.63. The van der Waals surface area contributed by atoms with Crippen molar-refractivity contribution in [2.24, 2.45) is 10.9 Å².